The number of nitrogens with zero attached hydrogens (tertiary/aromatic N) is 2. The van der Waals surface area contributed by atoms with Crippen molar-refractivity contribution in [2.24, 2.45) is 0 Å². The van der Waals surface area contributed by atoms with Gasteiger partial charge in [0.15, 0.2) is 8.07 Å². The summed E-state index contributed by atoms with van der Waals surface area (Å²) in [7, 11) is -2.87. The number of benzene rings is 9. The third-order valence-electron chi connectivity index (χ3n) is 12.0. The largest absolute Gasteiger partial charge is 0.456 e. The Morgan fingerprint density at radius 1 is 0.397 bits per heavy atom. The van der Waals surface area contributed by atoms with E-state index in [4.69, 9.17) is 7.16 Å². The van der Waals surface area contributed by atoms with E-state index in [-0.39, 0.29) is 24.2 Å². The minimum absolute atomic E-state index is 0.0841. The van der Waals surface area contributed by atoms with E-state index in [1.807, 2.05) is 42.5 Å². The van der Waals surface area contributed by atoms with E-state index in [1.165, 1.54) is 20.7 Å². The fourth-order valence-electron chi connectivity index (χ4n) is 9.63. The lowest BCUT2D eigenvalue weighted by Gasteiger charge is -2.34. The zero-order valence-electron chi connectivity index (χ0n) is 35.3. The second-order valence-corrected chi connectivity index (χ2v) is 18.7. The molecule has 0 bridgehead atoms. The van der Waals surface area contributed by atoms with Crippen LogP contribution in [0.25, 0.3) is 76.9 Å². The van der Waals surface area contributed by atoms with Gasteiger partial charge in [0.2, 0.25) is 0 Å². The monoisotopic (exact) mass is 760 g/mol. The van der Waals surface area contributed by atoms with E-state index < -0.39 is 8.07 Å². The van der Waals surface area contributed by atoms with E-state index in [0.29, 0.717) is 16.5 Å². The van der Waals surface area contributed by atoms with E-state index in [1.54, 1.807) is 0 Å². The molecule has 4 heteroatoms. The average molecular weight is 761 g/mol. The quantitative estimate of drug-likeness (QED) is 0.122. The van der Waals surface area contributed by atoms with Crippen LogP contribution < -0.4 is 20.7 Å². The first-order valence-electron chi connectivity index (χ1n) is 21.6. The summed E-state index contributed by atoms with van der Waals surface area (Å²) in [5, 5.41) is 10.1. The first kappa shape index (κ1) is 28.9. The molecule has 0 atom stereocenters. The SMILES string of the molecule is [2H]c1c([2H])c([2H])c2c(c1[2H])c1c(-n3c4ccccc4c4ccccc43)cc3oc4ccccc4c3c1n2-c1ccc([Si](c2ccccc2)(c2ccccc2)c2ccccc2)cc1. The molecular weight excluding hydrogens is 721 g/mol. The van der Waals surface area contributed by atoms with Crippen LogP contribution in [0, 0.1) is 0 Å². The molecule has 3 aromatic heterocycles. The summed E-state index contributed by atoms with van der Waals surface area (Å²) >= 11 is 0. The molecule has 0 amide bonds. The van der Waals surface area contributed by atoms with Gasteiger partial charge in [0.1, 0.15) is 11.2 Å². The van der Waals surface area contributed by atoms with Gasteiger partial charge in [-0.2, -0.15) is 0 Å². The normalized spacial score (nSPS) is 13.1. The number of para-hydroxylation sites is 4. The molecular formula is C54H36N2OSi. The van der Waals surface area contributed by atoms with Crippen molar-refractivity contribution in [2.45, 2.75) is 0 Å². The van der Waals surface area contributed by atoms with Crippen molar-refractivity contribution in [3.63, 3.8) is 0 Å². The Labute approximate surface area is 341 Å². The standard InChI is InChI=1S/C54H36N2OSi/c1-4-18-38(19-5-1)58(39-20-6-2-7-21-39,40-22-8-3-9-23-40)41-34-32-37(33-35-41)55-48-30-16-12-26-44(48)52-49(36-51-53(54(52)55)45-27-13-17-31-50(45)57-51)56-46-28-14-10-24-42(46)43-25-11-15-29-47(43)56/h1-36H/i12D,16D,26D,30D. The molecule has 3 nitrogen and oxygen atoms in total. The predicted molar refractivity (Wildman–Crippen MR) is 246 cm³/mol. The smallest absolute Gasteiger partial charge is 0.179 e. The van der Waals surface area contributed by atoms with Crippen LogP contribution in [0.3, 0.4) is 0 Å². The number of hydrogen-bond donors (Lipinski definition) is 0. The Hall–Kier alpha value is -7.40. The highest BCUT2D eigenvalue weighted by atomic mass is 28.3. The van der Waals surface area contributed by atoms with Gasteiger partial charge in [0.05, 0.1) is 38.6 Å². The number of hydrogen-bond acceptors (Lipinski definition) is 1. The zero-order valence-corrected chi connectivity index (χ0v) is 32.3. The topological polar surface area (TPSA) is 23.0 Å². The van der Waals surface area contributed by atoms with Crippen LogP contribution in [0.2, 0.25) is 0 Å². The summed E-state index contributed by atoms with van der Waals surface area (Å²) in [6.07, 6.45) is 0. The number of furan rings is 1. The average Bonchev–Trinajstić information content (AvgIpc) is 4.00. The predicted octanol–water partition coefficient (Wildman–Crippen LogP) is 11.2. The molecule has 12 aromatic rings. The van der Waals surface area contributed by atoms with Crippen LogP contribution in [0.4, 0.5) is 0 Å². The maximum absolute atomic E-state index is 9.64. The molecule has 272 valence electrons. The Morgan fingerprint density at radius 3 is 1.50 bits per heavy atom. The molecule has 0 radical (unpaired) electrons. The molecule has 0 saturated heterocycles. The van der Waals surface area contributed by atoms with Crippen molar-refractivity contribution in [2.75, 3.05) is 0 Å². The summed E-state index contributed by atoms with van der Waals surface area (Å²) in [5.74, 6) is 0. The molecule has 0 aliphatic carbocycles. The lowest BCUT2D eigenvalue weighted by atomic mass is 10.1. The fraction of sp³-hybridized carbons (Fsp3) is 0. The Morgan fingerprint density at radius 2 is 0.897 bits per heavy atom. The Balaban J connectivity index is 1.25. The van der Waals surface area contributed by atoms with E-state index in [2.05, 4.69) is 161 Å². The summed E-state index contributed by atoms with van der Waals surface area (Å²) in [6.45, 7) is 0. The molecule has 3 heterocycles. The highest BCUT2D eigenvalue weighted by Crippen LogP contribution is 2.45. The lowest BCUT2D eigenvalue weighted by molar-refractivity contribution is 0.669. The number of aromatic nitrogens is 2. The van der Waals surface area contributed by atoms with Crippen LogP contribution in [-0.4, -0.2) is 17.2 Å². The second kappa shape index (κ2) is 12.8. The molecule has 12 rings (SSSR count). The van der Waals surface area contributed by atoms with E-state index >= 15 is 0 Å². The van der Waals surface area contributed by atoms with Gasteiger partial charge in [-0.05, 0) is 57.1 Å². The highest BCUT2D eigenvalue weighted by Gasteiger charge is 2.41. The second-order valence-electron chi connectivity index (χ2n) is 14.9. The summed E-state index contributed by atoms with van der Waals surface area (Å²) in [5.41, 5.74) is 6.09. The molecule has 0 aliphatic rings. The van der Waals surface area contributed by atoms with Gasteiger partial charge in [-0.25, -0.2) is 0 Å². The number of rotatable bonds is 6. The third kappa shape index (κ3) is 4.61. The minimum Gasteiger partial charge on any atom is -0.456 e. The minimum atomic E-state index is -2.87. The van der Waals surface area contributed by atoms with Gasteiger partial charge in [0.25, 0.3) is 0 Å². The Bertz CT molecular complexity index is 3580. The zero-order chi connectivity index (χ0) is 41.7. The molecule has 0 saturated carbocycles. The molecule has 0 spiro atoms. The van der Waals surface area contributed by atoms with Gasteiger partial charge >= 0.3 is 0 Å². The molecule has 0 unspecified atom stereocenters. The van der Waals surface area contributed by atoms with Gasteiger partial charge in [-0.3, -0.25) is 0 Å². The van der Waals surface area contributed by atoms with Crippen LogP contribution >= 0.6 is 0 Å². The van der Waals surface area contributed by atoms with E-state index in [0.717, 1.165) is 60.4 Å². The lowest BCUT2D eigenvalue weighted by Crippen LogP contribution is -2.74. The molecule has 9 aromatic carbocycles. The van der Waals surface area contributed by atoms with Gasteiger partial charge in [0, 0.05) is 38.7 Å². The van der Waals surface area contributed by atoms with E-state index in [9.17, 15) is 2.74 Å². The Kier molecular flexibility index (Phi) is 6.39. The first-order chi connectivity index (χ1) is 30.5. The third-order valence-corrected chi connectivity index (χ3v) is 16.8. The molecule has 0 N–H and O–H groups in total. The first-order valence-corrected chi connectivity index (χ1v) is 21.6. The van der Waals surface area contributed by atoms with Crippen molar-refractivity contribution in [1.29, 1.82) is 0 Å². The summed E-state index contributed by atoms with van der Waals surface area (Å²) in [6, 6.07) is 67.2. The van der Waals surface area contributed by atoms with Crippen molar-refractivity contribution in [3.8, 4) is 11.4 Å². The number of fused-ring (bicyclic) bond motifs is 10. The maximum atomic E-state index is 9.64. The maximum Gasteiger partial charge on any atom is 0.179 e. The van der Waals surface area contributed by atoms with Crippen LogP contribution in [0.5, 0.6) is 0 Å². The van der Waals surface area contributed by atoms with Crippen molar-refractivity contribution >= 4 is 94.4 Å². The van der Waals surface area contributed by atoms with Crippen LogP contribution in [0.15, 0.2) is 223 Å². The molecule has 0 aliphatic heterocycles. The van der Waals surface area contributed by atoms with Crippen molar-refractivity contribution < 1.29 is 9.90 Å². The fourth-order valence-corrected chi connectivity index (χ4v) is 14.4. The van der Waals surface area contributed by atoms with Gasteiger partial charge in [-0.15, -0.1) is 0 Å². The summed E-state index contributed by atoms with van der Waals surface area (Å²) < 4.78 is 48.4. The highest BCUT2D eigenvalue weighted by molar-refractivity contribution is 7.19. The van der Waals surface area contributed by atoms with Crippen LogP contribution in [-0.2, 0) is 0 Å². The van der Waals surface area contributed by atoms with Crippen molar-refractivity contribution in [3.05, 3.63) is 218 Å². The summed E-state index contributed by atoms with van der Waals surface area (Å²) in [4.78, 5) is 0. The van der Waals surface area contributed by atoms with Crippen molar-refractivity contribution in [1.82, 2.24) is 9.13 Å². The molecule has 0 fully saturated rings. The van der Waals surface area contributed by atoms with Crippen LogP contribution in [0.1, 0.15) is 5.48 Å². The van der Waals surface area contributed by atoms with Gasteiger partial charge < -0.3 is 13.6 Å². The van der Waals surface area contributed by atoms with Gasteiger partial charge in [-0.1, -0.05) is 176 Å². The molecule has 58 heavy (non-hydrogen) atoms.